The first-order chi connectivity index (χ1) is 14.9. The Balaban J connectivity index is 1.72. The van der Waals surface area contributed by atoms with Gasteiger partial charge in [0.25, 0.3) is 0 Å². The van der Waals surface area contributed by atoms with E-state index in [1.165, 1.54) is 12.7 Å². The Morgan fingerprint density at radius 2 is 1.91 bits per heavy atom. The van der Waals surface area contributed by atoms with E-state index in [-0.39, 0.29) is 23.7 Å². The monoisotopic (exact) mass is 453 g/mol. The van der Waals surface area contributed by atoms with Gasteiger partial charge in [-0.25, -0.2) is 9.59 Å². The molecule has 3 rings (SSSR count). The van der Waals surface area contributed by atoms with E-state index in [1.807, 2.05) is 20.8 Å². The van der Waals surface area contributed by atoms with Crippen molar-refractivity contribution < 1.29 is 33.3 Å². The summed E-state index contributed by atoms with van der Waals surface area (Å²) in [5.41, 5.74) is 0.0398. The van der Waals surface area contributed by atoms with E-state index >= 15 is 0 Å². The van der Waals surface area contributed by atoms with Crippen molar-refractivity contribution in [3.8, 4) is 0 Å². The van der Waals surface area contributed by atoms with E-state index in [0.717, 1.165) is 12.8 Å². The van der Waals surface area contributed by atoms with Crippen molar-refractivity contribution in [3.05, 3.63) is 11.6 Å². The molecule has 2 heterocycles. The van der Waals surface area contributed by atoms with E-state index in [4.69, 9.17) is 23.7 Å². The zero-order chi connectivity index (χ0) is 23.9. The summed E-state index contributed by atoms with van der Waals surface area (Å²) >= 11 is 0. The zero-order valence-corrected chi connectivity index (χ0v) is 20.7. The second-order valence-corrected chi connectivity index (χ2v) is 10.8. The van der Waals surface area contributed by atoms with Gasteiger partial charge in [0.15, 0.2) is 0 Å². The summed E-state index contributed by atoms with van der Waals surface area (Å²) in [4.78, 5) is 25.0. The van der Waals surface area contributed by atoms with Crippen LogP contribution in [0, 0.1) is 11.3 Å². The quantitative estimate of drug-likeness (QED) is 0.358. The van der Waals surface area contributed by atoms with Gasteiger partial charge < -0.3 is 29.0 Å². The Hall–Kier alpha value is -1.64. The number of epoxide rings is 2. The maximum atomic E-state index is 12.8. The van der Waals surface area contributed by atoms with Crippen molar-refractivity contribution in [1.82, 2.24) is 5.32 Å². The number of nitrogens with one attached hydrogen (secondary N) is 1. The van der Waals surface area contributed by atoms with Crippen LogP contribution >= 0.6 is 0 Å². The number of carbonyl (C=O) groups excluding carboxylic acids is 2. The minimum atomic E-state index is -0.823. The van der Waals surface area contributed by atoms with Gasteiger partial charge in [0, 0.05) is 7.11 Å². The van der Waals surface area contributed by atoms with Crippen LogP contribution in [0.5, 0.6) is 0 Å². The number of allylic oxidation sites excluding steroid dienone is 1. The first-order valence-corrected chi connectivity index (χ1v) is 11.4. The lowest BCUT2D eigenvalue weighted by molar-refractivity contribution is -0.146. The summed E-state index contributed by atoms with van der Waals surface area (Å²) in [5, 5.41) is 2.69. The maximum Gasteiger partial charge on any atom is 0.408 e. The molecule has 8 heteroatoms. The maximum absolute atomic E-state index is 12.8. The van der Waals surface area contributed by atoms with Crippen LogP contribution < -0.4 is 5.32 Å². The van der Waals surface area contributed by atoms with Crippen molar-refractivity contribution in [2.75, 3.05) is 20.8 Å². The fourth-order valence-corrected chi connectivity index (χ4v) is 5.11. The normalized spacial score (nSPS) is 36.8. The molecule has 3 fully saturated rings. The lowest BCUT2D eigenvalue weighted by atomic mass is 9.68. The van der Waals surface area contributed by atoms with Crippen LogP contribution in [0.3, 0.4) is 0 Å². The van der Waals surface area contributed by atoms with Gasteiger partial charge in [0.2, 0.25) is 0 Å². The highest BCUT2D eigenvalue weighted by atomic mass is 16.6. The average Bonchev–Trinajstić information content (AvgIpc) is 3.62. The summed E-state index contributed by atoms with van der Waals surface area (Å²) in [5.74, 6) is -0.563. The molecule has 1 spiro atoms. The third kappa shape index (κ3) is 4.97. The molecule has 8 nitrogen and oxygen atoms in total. The van der Waals surface area contributed by atoms with Crippen molar-refractivity contribution in [1.29, 1.82) is 0 Å². The molecule has 0 aromatic heterocycles. The second-order valence-electron chi connectivity index (χ2n) is 10.8. The van der Waals surface area contributed by atoms with E-state index in [2.05, 4.69) is 32.2 Å². The lowest BCUT2D eigenvalue weighted by Gasteiger charge is -2.42. The summed E-state index contributed by atoms with van der Waals surface area (Å²) in [7, 11) is 2.94. The van der Waals surface area contributed by atoms with Crippen LogP contribution in [0.4, 0.5) is 4.79 Å². The van der Waals surface area contributed by atoms with E-state index < -0.39 is 35.2 Å². The van der Waals surface area contributed by atoms with E-state index in [1.54, 1.807) is 7.11 Å². The van der Waals surface area contributed by atoms with Crippen molar-refractivity contribution in [2.45, 2.75) is 96.4 Å². The Kier molecular flexibility index (Phi) is 6.99. The number of ether oxygens (including phenoxy) is 5. The first kappa shape index (κ1) is 25.0. The topological polar surface area (TPSA) is 98.9 Å². The van der Waals surface area contributed by atoms with Crippen molar-refractivity contribution >= 4 is 12.1 Å². The number of rotatable bonds is 7. The molecule has 182 valence electrons. The average molecular weight is 454 g/mol. The SMILES string of the molecule is COC(=O)[C@H](NC(=O)O[C@@H]1CC[C@]2(CO2)[C@@H]([C@]2(C)O[C@@H]2CC=C(C)C)[C@@H]1OC)C(C)(C)C. The van der Waals surface area contributed by atoms with Gasteiger partial charge in [-0.15, -0.1) is 0 Å². The Labute approximate surface area is 191 Å². The molecule has 0 aromatic carbocycles. The summed E-state index contributed by atoms with van der Waals surface area (Å²) in [6.45, 7) is 12.5. The molecule has 32 heavy (non-hydrogen) atoms. The molecule has 0 bridgehead atoms. The predicted molar refractivity (Wildman–Crippen MR) is 118 cm³/mol. The molecule has 1 saturated carbocycles. The highest BCUT2D eigenvalue weighted by molar-refractivity contribution is 5.82. The second kappa shape index (κ2) is 8.95. The van der Waals surface area contributed by atoms with Gasteiger partial charge in [0.1, 0.15) is 29.5 Å². The van der Waals surface area contributed by atoms with E-state index in [0.29, 0.717) is 13.0 Å². The third-order valence-corrected chi connectivity index (χ3v) is 7.06. The number of hydrogen-bond donors (Lipinski definition) is 1. The zero-order valence-electron chi connectivity index (χ0n) is 20.7. The van der Waals surface area contributed by atoms with Crippen molar-refractivity contribution in [2.24, 2.45) is 11.3 Å². The van der Waals surface area contributed by atoms with Crippen LogP contribution in [0.15, 0.2) is 11.6 Å². The van der Waals surface area contributed by atoms with Crippen LogP contribution in [0.2, 0.25) is 0 Å². The lowest BCUT2D eigenvalue weighted by Crippen LogP contribution is -2.57. The van der Waals surface area contributed by atoms with Crippen LogP contribution in [-0.4, -0.2) is 68.4 Å². The number of hydrogen-bond acceptors (Lipinski definition) is 7. The van der Waals surface area contributed by atoms with Gasteiger partial charge in [-0.3, -0.25) is 0 Å². The minimum absolute atomic E-state index is 0.0545. The highest BCUT2D eigenvalue weighted by Gasteiger charge is 2.72. The molecule has 2 saturated heterocycles. The molecule has 3 aliphatic rings. The molecule has 1 aliphatic carbocycles. The van der Waals surface area contributed by atoms with Gasteiger partial charge in [-0.05, 0) is 45.4 Å². The fourth-order valence-electron chi connectivity index (χ4n) is 5.11. The largest absolute Gasteiger partial charge is 0.467 e. The van der Waals surface area contributed by atoms with Gasteiger partial charge in [-0.2, -0.15) is 0 Å². The molecule has 1 N–H and O–H groups in total. The summed E-state index contributed by atoms with van der Waals surface area (Å²) in [6.07, 6.45) is 2.99. The van der Waals surface area contributed by atoms with Crippen LogP contribution in [-0.2, 0) is 28.5 Å². The Morgan fingerprint density at radius 3 is 2.41 bits per heavy atom. The Bertz CT molecular complexity index is 750. The molecule has 1 amide bonds. The van der Waals surface area contributed by atoms with E-state index in [9.17, 15) is 9.59 Å². The summed E-state index contributed by atoms with van der Waals surface area (Å²) < 4.78 is 28.7. The standard InChI is InChI=1S/C24H39NO7/c1-14(2)9-10-16-23(6,32-16)18-17(28-7)15(11-12-24(18)13-30-24)31-21(27)25-19(20(26)29-8)22(3,4)5/h9,15-19H,10-13H2,1-8H3,(H,25,27)/t15-,16-,17-,18-,19+,23-,24+/m1/s1. The predicted octanol–water partition coefficient (Wildman–Crippen LogP) is 3.38. The highest BCUT2D eigenvalue weighted by Crippen LogP contribution is 2.59. The van der Waals surface area contributed by atoms with Gasteiger partial charge in [-0.1, -0.05) is 32.4 Å². The van der Waals surface area contributed by atoms with Crippen LogP contribution in [0.25, 0.3) is 0 Å². The summed E-state index contributed by atoms with van der Waals surface area (Å²) in [6, 6.07) is -0.823. The third-order valence-electron chi connectivity index (χ3n) is 7.06. The molecular weight excluding hydrogens is 414 g/mol. The number of amides is 1. The van der Waals surface area contributed by atoms with Gasteiger partial charge >= 0.3 is 12.1 Å². The minimum Gasteiger partial charge on any atom is -0.467 e. The fraction of sp³-hybridized carbons (Fsp3) is 0.833. The first-order valence-electron chi connectivity index (χ1n) is 11.4. The number of carbonyl (C=O) groups is 2. The molecule has 2 aliphatic heterocycles. The van der Waals surface area contributed by atoms with Crippen molar-refractivity contribution in [3.63, 3.8) is 0 Å². The molecule has 7 atom stereocenters. The molecular formula is C24H39NO7. The Morgan fingerprint density at radius 1 is 1.25 bits per heavy atom. The number of esters is 1. The molecule has 0 unspecified atom stereocenters. The molecule has 0 aromatic rings. The molecule has 0 radical (unpaired) electrons. The van der Waals surface area contributed by atoms with Crippen LogP contribution in [0.1, 0.15) is 60.8 Å². The van der Waals surface area contributed by atoms with Gasteiger partial charge in [0.05, 0.1) is 25.7 Å². The number of alkyl carbamates (subject to hydrolysis) is 1. The number of methoxy groups -OCH3 is 2. The smallest absolute Gasteiger partial charge is 0.408 e.